The van der Waals surface area contributed by atoms with Gasteiger partial charge in [0.25, 0.3) is 5.91 Å². The number of hydrogen-bond acceptors (Lipinski definition) is 3. The molecule has 2 fully saturated rings. The van der Waals surface area contributed by atoms with Gasteiger partial charge in [-0.05, 0) is 74.1 Å². The van der Waals surface area contributed by atoms with Crippen molar-refractivity contribution in [2.75, 3.05) is 26.7 Å². The molecule has 2 heterocycles. The molecule has 0 unspecified atom stereocenters. The second-order valence-corrected chi connectivity index (χ2v) is 8.48. The van der Waals surface area contributed by atoms with Crippen LogP contribution in [0.4, 0.5) is 4.39 Å². The summed E-state index contributed by atoms with van der Waals surface area (Å²) in [6.07, 6.45) is 4.46. The lowest BCUT2D eigenvalue weighted by molar-refractivity contribution is -0.137. The zero-order chi connectivity index (χ0) is 21.8. The van der Waals surface area contributed by atoms with Crippen LogP contribution in [0.15, 0.2) is 48.5 Å². The first-order valence-electron chi connectivity index (χ1n) is 11.0. The minimum atomic E-state index is -0.361. The number of carbonyl (C=O) groups excluding carboxylic acids is 2. The smallest absolute Gasteiger partial charge is 0.253 e. The predicted molar refractivity (Wildman–Crippen MR) is 116 cm³/mol. The Hall–Kier alpha value is -2.89. The van der Waals surface area contributed by atoms with Gasteiger partial charge in [0.05, 0.1) is 13.0 Å². The Balaban J connectivity index is 1.40. The van der Waals surface area contributed by atoms with Crippen LogP contribution >= 0.6 is 0 Å². The summed E-state index contributed by atoms with van der Waals surface area (Å²) in [5.74, 6) is 0.326. The molecule has 0 radical (unpaired) electrons. The molecule has 6 heteroatoms. The van der Waals surface area contributed by atoms with Gasteiger partial charge in [-0.15, -0.1) is 0 Å². The van der Waals surface area contributed by atoms with Crippen LogP contribution in [-0.4, -0.2) is 54.4 Å². The largest absolute Gasteiger partial charge is 0.497 e. The molecule has 5 nitrogen and oxygen atoms in total. The van der Waals surface area contributed by atoms with Crippen LogP contribution in [0.25, 0.3) is 0 Å². The van der Waals surface area contributed by atoms with Gasteiger partial charge in [-0.2, -0.15) is 0 Å². The molecule has 0 saturated carbocycles. The molecule has 0 spiro atoms. The van der Waals surface area contributed by atoms with E-state index in [1.165, 1.54) is 29.8 Å². The van der Waals surface area contributed by atoms with E-state index in [1.54, 1.807) is 12.0 Å². The molecular formula is C25H29FN2O3. The van der Waals surface area contributed by atoms with E-state index in [4.69, 9.17) is 4.74 Å². The van der Waals surface area contributed by atoms with Crippen LogP contribution in [0.3, 0.4) is 0 Å². The summed E-state index contributed by atoms with van der Waals surface area (Å²) >= 11 is 0. The van der Waals surface area contributed by atoms with Crippen molar-refractivity contribution >= 4 is 11.8 Å². The van der Waals surface area contributed by atoms with Crippen LogP contribution in [0.2, 0.25) is 0 Å². The third kappa shape index (κ3) is 4.89. The Bertz CT molecular complexity index is 913. The van der Waals surface area contributed by atoms with Crippen molar-refractivity contribution in [2.24, 2.45) is 5.92 Å². The van der Waals surface area contributed by atoms with Crippen LogP contribution in [0.1, 0.15) is 41.6 Å². The van der Waals surface area contributed by atoms with Gasteiger partial charge in [-0.3, -0.25) is 9.59 Å². The summed E-state index contributed by atoms with van der Waals surface area (Å²) in [6, 6.07) is 13.8. The van der Waals surface area contributed by atoms with E-state index in [0.717, 1.165) is 44.4 Å². The number of carbonyl (C=O) groups is 2. The number of amides is 2. The molecule has 2 aliphatic heterocycles. The monoisotopic (exact) mass is 424 g/mol. The molecule has 2 aromatic rings. The third-order valence-corrected chi connectivity index (χ3v) is 6.44. The van der Waals surface area contributed by atoms with Gasteiger partial charge < -0.3 is 14.5 Å². The molecule has 4 rings (SSSR count). The fraction of sp³-hybridized carbons (Fsp3) is 0.440. The maximum atomic E-state index is 13.4. The Labute approximate surface area is 182 Å². The van der Waals surface area contributed by atoms with E-state index < -0.39 is 0 Å². The van der Waals surface area contributed by atoms with Gasteiger partial charge in [0.15, 0.2) is 0 Å². The highest BCUT2D eigenvalue weighted by molar-refractivity contribution is 5.94. The minimum absolute atomic E-state index is 0.131. The van der Waals surface area contributed by atoms with Crippen molar-refractivity contribution in [3.8, 4) is 5.75 Å². The van der Waals surface area contributed by atoms with Gasteiger partial charge in [0.1, 0.15) is 11.6 Å². The summed E-state index contributed by atoms with van der Waals surface area (Å²) in [5.41, 5.74) is 1.66. The molecule has 0 N–H and O–H groups in total. The van der Waals surface area contributed by atoms with Crippen LogP contribution in [-0.2, 0) is 11.2 Å². The fourth-order valence-electron chi connectivity index (χ4n) is 4.74. The molecule has 164 valence electrons. The highest BCUT2D eigenvalue weighted by atomic mass is 19.1. The van der Waals surface area contributed by atoms with Gasteiger partial charge in [0.2, 0.25) is 5.91 Å². The summed E-state index contributed by atoms with van der Waals surface area (Å²) in [6.45, 7) is 1.85. The molecule has 0 bridgehead atoms. The second-order valence-electron chi connectivity index (χ2n) is 8.48. The number of methoxy groups -OCH3 is 1. The highest BCUT2D eigenvalue weighted by Crippen LogP contribution is 2.27. The Morgan fingerprint density at radius 1 is 1.00 bits per heavy atom. The molecule has 2 saturated heterocycles. The Kier molecular flexibility index (Phi) is 6.54. The number of benzene rings is 2. The molecule has 2 aromatic carbocycles. The van der Waals surface area contributed by atoms with Gasteiger partial charge in [-0.1, -0.05) is 12.1 Å². The summed E-state index contributed by atoms with van der Waals surface area (Å²) in [5, 5.41) is 0. The quantitative estimate of drug-likeness (QED) is 0.731. The van der Waals surface area contributed by atoms with E-state index in [1.807, 2.05) is 17.0 Å². The maximum Gasteiger partial charge on any atom is 0.253 e. The Morgan fingerprint density at radius 3 is 2.42 bits per heavy atom. The van der Waals surface area contributed by atoms with Crippen molar-refractivity contribution < 1.29 is 18.7 Å². The molecule has 2 amide bonds. The zero-order valence-electron chi connectivity index (χ0n) is 17.9. The van der Waals surface area contributed by atoms with Crippen molar-refractivity contribution in [1.82, 2.24) is 9.80 Å². The van der Waals surface area contributed by atoms with Crippen LogP contribution < -0.4 is 4.74 Å². The topological polar surface area (TPSA) is 49.9 Å². The lowest BCUT2D eigenvalue weighted by Gasteiger charge is -2.35. The first-order chi connectivity index (χ1) is 15.0. The van der Waals surface area contributed by atoms with Crippen LogP contribution in [0, 0.1) is 11.7 Å². The molecular weight excluding hydrogens is 395 g/mol. The van der Waals surface area contributed by atoms with Gasteiger partial charge in [0, 0.05) is 31.2 Å². The summed E-state index contributed by atoms with van der Waals surface area (Å²) in [7, 11) is 1.65. The standard InChI is InChI=1S/C25H29FN2O3/c1-31-23-12-6-18(7-13-23)16-22-5-3-15-28(22)25(30)20-4-2-14-27(17-20)24(29)19-8-10-21(26)11-9-19/h6-13,20,22H,2-5,14-17H2,1H3/t20-,22+/m1/s1. The molecule has 2 atom stereocenters. The zero-order valence-corrected chi connectivity index (χ0v) is 17.9. The molecule has 0 aromatic heterocycles. The average Bonchev–Trinajstić information content (AvgIpc) is 3.27. The predicted octanol–water partition coefficient (Wildman–Crippen LogP) is 3.92. The normalized spacial score (nSPS) is 21.2. The molecule has 2 aliphatic rings. The van der Waals surface area contributed by atoms with E-state index in [2.05, 4.69) is 12.1 Å². The van der Waals surface area contributed by atoms with Crippen molar-refractivity contribution in [2.45, 2.75) is 38.1 Å². The van der Waals surface area contributed by atoms with Crippen molar-refractivity contribution in [3.63, 3.8) is 0 Å². The summed E-state index contributed by atoms with van der Waals surface area (Å²) in [4.78, 5) is 30.0. The Morgan fingerprint density at radius 2 is 1.71 bits per heavy atom. The maximum absolute atomic E-state index is 13.4. The van der Waals surface area contributed by atoms with Crippen molar-refractivity contribution in [1.29, 1.82) is 0 Å². The van der Waals surface area contributed by atoms with Crippen molar-refractivity contribution in [3.05, 3.63) is 65.5 Å². The fourth-order valence-corrected chi connectivity index (χ4v) is 4.74. The van der Waals surface area contributed by atoms with E-state index in [9.17, 15) is 14.0 Å². The van der Waals surface area contributed by atoms with Gasteiger partial charge >= 0.3 is 0 Å². The third-order valence-electron chi connectivity index (χ3n) is 6.44. The number of halogens is 1. The lowest BCUT2D eigenvalue weighted by Crippen LogP contribution is -2.48. The van der Waals surface area contributed by atoms with E-state index in [-0.39, 0.29) is 29.6 Å². The summed E-state index contributed by atoms with van der Waals surface area (Å²) < 4.78 is 18.4. The highest BCUT2D eigenvalue weighted by Gasteiger charge is 2.36. The second kappa shape index (κ2) is 9.50. The van der Waals surface area contributed by atoms with Crippen LogP contribution in [0.5, 0.6) is 5.75 Å². The average molecular weight is 425 g/mol. The number of ether oxygens (including phenoxy) is 1. The van der Waals surface area contributed by atoms with E-state index >= 15 is 0 Å². The first kappa shape index (κ1) is 21.3. The molecule has 0 aliphatic carbocycles. The minimum Gasteiger partial charge on any atom is -0.497 e. The lowest BCUT2D eigenvalue weighted by atomic mass is 9.95. The number of nitrogens with zero attached hydrogens (tertiary/aromatic N) is 2. The first-order valence-corrected chi connectivity index (χ1v) is 11.0. The number of piperidine rings is 1. The molecule has 31 heavy (non-hydrogen) atoms. The van der Waals surface area contributed by atoms with E-state index in [0.29, 0.717) is 18.7 Å². The van der Waals surface area contributed by atoms with Gasteiger partial charge in [-0.25, -0.2) is 4.39 Å². The number of hydrogen-bond donors (Lipinski definition) is 0. The number of rotatable bonds is 5. The number of likely N-dealkylation sites (tertiary alicyclic amines) is 2. The SMILES string of the molecule is COc1ccc(C[C@@H]2CCCN2C(=O)[C@@H]2CCCN(C(=O)c3ccc(F)cc3)C2)cc1.